The molecule has 1 amide bonds. The number of aromatic nitrogens is 2. The van der Waals surface area contributed by atoms with Crippen LogP contribution < -0.4 is 19.1 Å². The van der Waals surface area contributed by atoms with Gasteiger partial charge in [0.15, 0.2) is 0 Å². The number of carbonyl (C=O) groups excluding carboxylic acids is 1. The van der Waals surface area contributed by atoms with Crippen molar-refractivity contribution in [1.82, 2.24) is 9.97 Å². The highest BCUT2D eigenvalue weighted by Gasteiger charge is 2.21. The lowest BCUT2D eigenvalue weighted by Crippen LogP contribution is -2.37. The van der Waals surface area contributed by atoms with Crippen molar-refractivity contribution in [2.45, 2.75) is 18.7 Å². The first kappa shape index (κ1) is 25.9. The highest BCUT2D eigenvalue weighted by molar-refractivity contribution is 7.92. The summed E-state index contributed by atoms with van der Waals surface area (Å²) in [6.07, 6.45) is 2.44. The Kier molecular flexibility index (Phi) is 7.92. The molecule has 3 rings (SSSR count). The molecule has 0 saturated heterocycles. The molecular formula is C22H25N5O6S2. The number of ether oxygens (including phenoxy) is 1. The molecule has 11 nitrogen and oxygen atoms in total. The summed E-state index contributed by atoms with van der Waals surface area (Å²) < 4.78 is 58.3. The van der Waals surface area contributed by atoms with Crippen molar-refractivity contribution in [3.63, 3.8) is 0 Å². The van der Waals surface area contributed by atoms with Crippen LogP contribution in [0.5, 0.6) is 5.75 Å². The van der Waals surface area contributed by atoms with Gasteiger partial charge in [0.1, 0.15) is 12.3 Å². The number of aryl methyl sites for hydroxylation is 1. The fourth-order valence-corrected chi connectivity index (χ4v) is 4.81. The lowest BCUT2D eigenvalue weighted by Gasteiger charge is -2.22. The topological polar surface area (TPSA) is 148 Å². The van der Waals surface area contributed by atoms with Crippen molar-refractivity contribution >= 4 is 43.3 Å². The number of rotatable bonds is 10. The fraction of sp³-hybridized carbons (Fsp3) is 0.227. The molecule has 1 heterocycles. The summed E-state index contributed by atoms with van der Waals surface area (Å²) in [4.78, 5) is 20.4. The van der Waals surface area contributed by atoms with Crippen LogP contribution in [0.4, 0.5) is 17.3 Å². The average Bonchev–Trinajstić information content (AvgIpc) is 2.78. The Balaban J connectivity index is 1.69. The molecule has 0 bridgehead atoms. The van der Waals surface area contributed by atoms with E-state index in [1.165, 1.54) is 30.5 Å². The number of hydrogen-bond acceptors (Lipinski definition) is 8. The van der Waals surface area contributed by atoms with E-state index in [-0.39, 0.29) is 10.8 Å². The molecule has 0 aliphatic carbocycles. The van der Waals surface area contributed by atoms with Gasteiger partial charge in [-0.1, -0.05) is 0 Å². The maximum Gasteiger partial charge on any atom is 0.264 e. The van der Waals surface area contributed by atoms with Crippen molar-refractivity contribution in [2.24, 2.45) is 0 Å². The van der Waals surface area contributed by atoms with Gasteiger partial charge in [0.2, 0.25) is 21.9 Å². The number of sulfonamides is 2. The molecular weight excluding hydrogens is 494 g/mol. The van der Waals surface area contributed by atoms with Crippen LogP contribution in [0.2, 0.25) is 0 Å². The molecule has 3 aromatic rings. The zero-order valence-corrected chi connectivity index (χ0v) is 20.9. The van der Waals surface area contributed by atoms with Crippen LogP contribution in [0.15, 0.2) is 65.7 Å². The smallest absolute Gasteiger partial charge is 0.264 e. The Morgan fingerprint density at radius 1 is 1.00 bits per heavy atom. The molecule has 0 aliphatic rings. The summed E-state index contributed by atoms with van der Waals surface area (Å²) >= 11 is 0. The minimum atomic E-state index is -3.94. The lowest BCUT2D eigenvalue weighted by atomic mass is 10.3. The molecule has 0 unspecified atom stereocenters. The van der Waals surface area contributed by atoms with Gasteiger partial charge < -0.3 is 10.1 Å². The largest absolute Gasteiger partial charge is 0.494 e. The van der Waals surface area contributed by atoms with Crippen LogP contribution >= 0.6 is 0 Å². The van der Waals surface area contributed by atoms with E-state index in [0.717, 1.165) is 10.6 Å². The predicted molar refractivity (Wildman–Crippen MR) is 132 cm³/mol. The second-order valence-corrected chi connectivity index (χ2v) is 11.0. The SMILES string of the molecule is CCOc1ccc(N(CC(=O)Nc2ccc(S(=O)(=O)Nc3nccc(C)n3)cc2)S(C)(=O)=O)cc1. The highest BCUT2D eigenvalue weighted by atomic mass is 32.2. The van der Waals surface area contributed by atoms with E-state index in [9.17, 15) is 21.6 Å². The summed E-state index contributed by atoms with van der Waals surface area (Å²) in [5, 5.41) is 2.57. The Labute approximate surface area is 204 Å². The van der Waals surface area contributed by atoms with E-state index in [1.54, 1.807) is 37.3 Å². The number of amides is 1. The van der Waals surface area contributed by atoms with E-state index in [2.05, 4.69) is 20.0 Å². The van der Waals surface area contributed by atoms with Gasteiger partial charge in [-0.15, -0.1) is 0 Å². The van der Waals surface area contributed by atoms with E-state index in [4.69, 9.17) is 4.74 Å². The zero-order valence-electron chi connectivity index (χ0n) is 19.3. The first-order valence-electron chi connectivity index (χ1n) is 10.4. The summed E-state index contributed by atoms with van der Waals surface area (Å²) in [7, 11) is -7.70. The van der Waals surface area contributed by atoms with Gasteiger partial charge in [-0.05, 0) is 68.4 Å². The Morgan fingerprint density at radius 3 is 2.23 bits per heavy atom. The van der Waals surface area contributed by atoms with E-state index in [0.29, 0.717) is 29.4 Å². The quantitative estimate of drug-likeness (QED) is 0.415. The average molecular weight is 520 g/mol. The summed E-state index contributed by atoms with van der Waals surface area (Å²) in [5.41, 5.74) is 1.20. The van der Waals surface area contributed by atoms with Crippen molar-refractivity contribution in [1.29, 1.82) is 0 Å². The third-order valence-electron chi connectivity index (χ3n) is 4.59. The van der Waals surface area contributed by atoms with E-state index in [1.807, 2.05) is 6.92 Å². The van der Waals surface area contributed by atoms with Gasteiger partial charge in [-0.2, -0.15) is 0 Å². The monoisotopic (exact) mass is 519 g/mol. The zero-order chi connectivity index (χ0) is 25.6. The van der Waals surface area contributed by atoms with Gasteiger partial charge >= 0.3 is 0 Å². The third kappa shape index (κ3) is 7.13. The Bertz CT molecular complexity index is 1390. The summed E-state index contributed by atoms with van der Waals surface area (Å²) in [6.45, 7) is 3.53. The van der Waals surface area contributed by atoms with Crippen LogP contribution in [-0.4, -0.2) is 52.1 Å². The molecule has 13 heteroatoms. The van der Waals surface area contributed by atoms with Gasteiger partial charge in [0.05, 0.1) is 23.4 Å². The molecule has 0 spiro atoms. The van der Waals surface area contributed by atoms with Gasteiger partial charge in [0, 0.05) is 17.6 Å². The number of nitrogens with zero attached hydrogens (tertiary/aromatic N) is 3. The molecule has 0 radical (unpaired) electrons. The van der Waals surface area contributed by atoms with Crippen LogP contribution in [-0.2, 0) is 24.8 Å². The molecule has 35 heavy (non-hydrogen) atoms. The third-order valence-corrected chi connectivity index (χ3v) is 7.08. The fourth-order valence-electron chi connectivity index (χ4n) is 3.00. The maximum absolute atomic E-state index is 12.6. The molecule has 2 N–H and O–H groups in total. The Morgan fingerprint density at radius 2 is 1.66 bits per heavy atom. The summed E-state index contributed by atoms with van der Waals surface area (Å²) in [6, 6.07) is 13.3. The molecule has 0 aliphatic heterocycles. The first-order chi connectivity index (χ1) is 16.5. The number of carbonyl (C=O) groups is 1. The molecule has 2 aromatic carbocycles. The summed E-state index contributed by atoms with van der Waals surface area (Å²) in [5.74, 6) is -0.0867. The number of anilines is 3. The minimum absolute atomic E-state index is 0.0578. The highest BCUT2D eigenvalue weighted by Crippen LogP contribution is 2.22. The minimum Gasteiger partial charge on any atom is -0.494 e. The van der Waals surface area contributed by atoms with Crippen LogP contribution in [0.25, 0.3) is 0 Å². The lowest BCUT2D eigenvalue weighted by molar-refractivity contribution is -0.114. The second-order valence-electron chi connectivity index (χ2n) is 7.40. The molecule has 0 saturated carbocycles. The van der Waals surface area contributed by atoms with Crippen molar-refractivity contribution in [3.8, 4) is 5.75 Å². The second kappa shape index (κ2) is 10.7. The van der Waals surface area contributed by atoms with Crippen molar-refractivity contribution < 1.29 is 26.4 Å². The number of benzene rings is 2. The molecule has 186 valence electrons. The predicted octanol–water partition coefficient (Wildman–Crippen LogP) is 2.39. The van der Waals surface area contributed by atoms with Gasteiger partial charge in [-0.3, -0.25) is 9.10 Å². The van der Waals surface area contributed by atoms with Crippen LogP contribution in [0.3, 0.4) is 0 Å². The van der Waals surface area contributed by atoms with Crippen molar-refractivity contribution in [3.05, 3.63) is 66.5 Å². The number of hydrogen-bond donors (Lipinski definition) is 2. The molecule has 0 fully saturated rings. The standard InChI is InChI=1S/C22H25N5O6S2/c1-4-33-19-9-7-18(8-10-19)27(34(3,29)30)15-21(28)25-17-5-11-20(12-6-17)35(31,32)26-22-23-14-13-16(2)24-22/h5-14H,4,15H2,1-3H3,(H,25,28)(H,23,24,26). The van der Waals surface area contributed by atoms with Crippen LogP contribution in [0.1, 0.15) is 12.6 Å². The van der Waals surface area contributed by atoms with Crippen LogP contribution in [0, 0.1) is 6.92 Å². The normalized spacial score (nSPS) is 11.5. The number of nitrogens with one attached hydrogen (secondary N) is 2. The van der Waals surface area contributed by atoms with E-state index >= 15 is 0 Å². The Hall–Kier alpha value is -3.71. The van der Waals surface area contributed by atoms with E-state index < -0.39 is 32.5 Å². The molecule has 0 atom stereocenters. The maximum atomic E-state index is 12.6. The first-order valence-corrected chi connectivity index (χ1v) is 13.7. The molecule has 1 aromatic heterocycles. The van der Waals surface area contributed by atoms with Gasteiger partial charge in [-0.25, -0.2) is 31.5 Å². The van der Waals surface area contributed by atoms with Crippen molar-refractivity contribution in [2.75, 3.05) is 33.8 Å². The van der Waals surface area contributed by atoms with Gasteiger partial charge in [0.25, 0.3) is 10.0 Å².